The SMILES string of the molecule is CN(C)C1(CNC(=O)CCc2ccccc2N)CCOCC1.Cl.Cl. The van der Waals surface area contributed by atoms with Gasteiger partial charge in [-0.1, -0.05) is 18.2 Å². The average molecular weight is 378 g/mol. The second kappa shape index (κ2) is 10.8. The lowest BCUT2D eigenvalue weighted by Gasteiger charge is -2.42. The third kappa shape index (κ3) is 6.13. The molecule has 0 saturated carbocycles. The summed E-state index contributed by atoms with van der Waals surface area (Å²) in [7, 11) is 4.14. The lowest BCUT2D eigenvalue weighted by molar-refractivity contribution is -0.122. The van der Waals surface area contributed by atoms with Crippen LogP contribution in [0.25, 0.3) is 0 Å². The van der Waals surface area contributed by atoms with Gasteiger partial charge < -0.3 is 20.7 Å². The quantitative estimate of drug-likeness (QED) is 0.746. The number of likely N-dealkylation sites (N-methyl/N-ethyl adjacent to an activating group) is 1. The predicted octanol–water partition coefficient (Wildman–Crippen LogP) is 2.27. The van der Waals surface area contributed by atoms with E-state index >= 15 is 0 Å². The molecule has 0 atom stereocenters. The van der Waals surface area contributed by atoms with Gasteiger partial charge in [0, 0.05) is 37.4 Å². The first-order chi connectivity index (χ1) is 10.5. The Morgan fingerprint density at radius 1 is 1.25 bits per heavy atom. The number of carbonyl (C=O) groups is 1. The van der Waals surface area contributed by atoms with Crippen LogP contribution in [0.5, 0.6) is 0 Å². The van der Waals surface area contributed by atoms with E-state index in [1.165, 1.54) is 0 Å². The summed E-state index contributed by atoms with van der Waals surface area (Å²) < 4.78 is 5.45. The molecule has 1 fully saturated rings. The molecule has 5 nitrogen and oxygen atoms in total. The van der Waals surface area contributed by atoms with Crippen molar-refractivity contribution in [3.63, 3.8) is 0 Å². The predicted molar refractivity (Wildman–Crippen MR) is 103 cm³/mol. The van der Waals surface area contributed by atoms with Crippen molar-refractivity contribution in [2.45, 2.75) is 31.2 Å². The van der Waals surface area contributed by atoms with Gasteiger partial charge in [-0.05, 0) is 45.0 Å². The summed E-state index contributed by atoms with van der Waals surface area (Å²) >= 11 is 0. The van der Waals surface area contributed by atoms with Crippen LogP contribution in [0.4, 0.5) is 5.69 Å². The number of halogens is 2. The Balaban J connectivity index is 0.00000264. The highest BCUT2D eigenvalue weighted by Crippen LogP contribution is 2.25. The summed E-state index contributed by atoms with van der Waals surface area (Å²) in [6.07, 6.45) is 3.04. The summed E-state index contributed by atoms with van der Waals surface area (Å²) in [5.74, 6) is 0.0796. The average Bonchev–Trinajstić information content (AvgIpc) is 2.53. The number of ether oxygens (including phenoxy) is 1. The summed E-state index contributed by atoms with van der Waals surface area (Å²) in [6.45, 7) is 2.19. The van der Waals surface area contributed by atoms with Crippen LogP contribution in [0.1, 0.15) is 24.8 Å². The molecule has 1 aliphatic heterocycles. The van der Waals surface area contributed by atoms with E-state index in [1.807, 2.05) is 24.3 Å². The molecule has 3 N–H and O–H groups in total. The molecule has 138 valence electrons. The smallest absolute Gasteiger partial charge is 0.220 e. The van der Waals surface area contributed by atoms with Gasteiger partial charge in [0.25, 0.3) is 0 Å². The van der Waals surface area contributed by atoms with Crippen molar-refractivity contribution in [3.05, 3.63) is 29.8 Å². The molecule has 0 bridgehead atoms. The number of nitrogens with one attached hydrogen (secondary N) is 1. The zero-order chi connectivity index (χ0) is 16.0. The number of hydrogen-bond acceptors (Lipinski definition) is 4. The van der Waals surface area contributed by atoms with Crippen LogP contribution in [0, 0.1) is 0 Å². The summed E-state index contributed by atoms with van der Waals surface area (Å²) in [4.78, 5) is 14.3. The van der Waals surface area contributed by atoms with Crippen molar-refractivity contribution in [3.8, 4) is 0 Å². The molecule has 1 aromatic rings. The van der Waals surface area contributed by atoms with E-state index in [0.717, 1.165) is 37.3 Å². The summed E-state index contributed by atoms with van der Waals surface area (Å²) in [5, 5.41) is 3.09. The van der Waals surface area contributed by atoms with Gasteiger partial charge >= 0.3 is 0 Å². The number of hydrogen-bond donors (Lipinski definition) is 2. The van der Waals surface area contributed by atoms with Gasteiger partial charge in [0.05, 0.1) is 0 Å². The highest BCUT2D eigenvalue weighted by molar-refractivity contribution is 5.85. The second-order valence-corrected chi connectivity index (χ2v) is 6.21. The van der Waals surface area contributed by atoms with Crippen molar-refractivity contribution in [1.82, 2.24) is 10.2 Å². The van der Waals surface area contributed by atoms with E-state index in [1.54, 1.807) is 0 Å². The maximum Gasteiger partial charge on any atom is 0.220 e. The highest BCUT2D eigenvalue weighted by atomic mass is 35.5. The Morgan fingerprint density at radius 2 is 1.88 bits per heavy atom. The Morgan fingerprint density at radius 3 is 2.46 bits per heavy atom. The Bertz CT molecular complexity index is 506. The van der Waals surface area contributed by atoms with Crippen LogP contribution < -0.4 is 11.1 Å². The third-order valence-electron chi connectivity index (χ3n) is 4.66. The fraction of sp³-hybridized carbons (Fsp3) is 0.588. The number of nitrogens with two attached hydrogens (primary N) is 1. The highest BCUT2D eigenvalue weighted by Gasteiger charge is 2.34. The third-order valence-corrected chi connectivity index (χ3v) is 4.66. The summed E-state index contributed by atoms with van der Waals surface area (Å²) in [5.41, 5.74) is 7.71. The molecule has 1 aromatic carbocycles. The number of rotatable bonds is 6. The van der Waals surface area contributed by atoms with Crippen LogP contribution in [0.15, 0.2) is 24.3 Å². The lowest BCUT2D eigenvalue weighted by atomic mass is 9.88. The molecule has 0 aliphatic carbocycles. The van der Waals surface area contributed by atoms with Crippen LogP contribution in [-0.2, 0) is 16.0 Å². The van der Waals surface area contributed by atoms with Gasteiger partial charge in [-0.3, -0.25) is 4.79 Å². The molecule has 0 aromatic heterocycles. The largest absolute Gasteiger partial charge is 0.399 e. The van der Waals surface area contributed by atoms with Gasteiger partial charge in [0.1, 0.15) is 0 Å². The van der Waals surface area contributed by atoms with Gasteiger partial charge in [0.2, 0.25) is 5.91 Å². The molecule has 1 aliphatic rings. The van der Waals surface area contributed by atoms with Crippen molar-refractivity contribution >= 4 is 36.4 Å². The fourth-order valence-electron chi connectivity index (χ4n) is 2.90. The van der Waals surface area contributed by atoms with Crippen molar-refractivity contribution < 1.29 is 9.53 Å². The zero-order valence-corrected chi connectivity index (χ0v) is 16.0. The number of amides is 1. The van der Waals surface area contributed by atoms with Crippen molar-refractivity contribution in [2.75, 3.05) is 39.6 Å². The van der Waals surface area contributed by atoms with E-state index in [-0.39, 0.29) is 36.3 Å². The van der Waals surface area contributed by atoms with Crippen molar-refractivity contribution in [2.24, 2.45) is 0 Å². The molecule has 1 heterocycles. The number of para-hydroxylation sites is 1. The van der Waals surface area contributed by atoms with E-state index in [2.05, 4.69) is 24.3 Å². The maximum atomic E-state index is 12.1. The van der Waals surface area contributed by atoms with Crippen molar-refractivity contribution in [1.29, 1.82) is 0 Å². The first-order valence-electron chi connectivity index (χ1n) is 7.89. The number of benzene rings is 1. The van der Waals surface area contributed by atoms with Gasteiger partial charge in [-0.25, -0.2) is 0 Å². The van der Waals surface area contributed by atoms with E-state index in [0.29, 0.717) is 19.4 Å². The molecule has 0 spiro atoms. The number of nitrogen functional groups attached to an aromatic ring is 1. The standard InChI is InChI=1S/C17H27N3O2.2ClH/c1-20(2)17(9-11-22-12-10-17)13-19-16(21)8-7-14-5-3-4-6-15(14)18;;/h3-6H,7-13,18H2,1-2H3,(H,19,21);2*1H. The molecular formula is C17H29Cl2N3O2. The minimum absolute atomic E-state index is 0. The molecule has 0 radical (unpaired) electrons. The molecule has 24 heavy (non-hydrogen) atoms. The molecule has 1 amide bonds. The Kier molecular flexibility index (Phi) is 10.3. The monoisotopic (exact) mass is 377 g/mol. The van der Waals surface area contributed by atoms with E-state index < -0.39 is 0 Å². The zero-order valence-electron chi connectivity index (χ0n) is 14.4. The first kappa shape index (κ1) is 23.0. The van der Waals surface area contributed by atoms with Crippen LogP contribution in [0.3, 0.4) is 0 Å². The number of carbonyl (C=O) groups excluding carboxylic acids is 1. The fourth-order valence-corrected chi connectivity index (χ4v) is 2.90. The molecular weight excluding hydrogens is 349 g/mol. The van der Waals surface area contributed by atoms with Gasteiger partial charge in [-0.15, -0.1) is 24.8 Å². The minimum atomic E-state index is 0. The van der Waals surface area contributed by atoms with Crippen LogP contribution >= 0.6 is 24.8 Å². The van der Waals surface area contributed by atoms with Crippen LogP contribution in [0.2, 0.25) is 0 Å². The maximum absolute atomic E-state index is 12.1. The lowest BCUT2D eigenvalue weighted by Crippen LogP contribution is -2.55. The number of anilines is 1. The number of aryl methyl sites for hydroxylation is 1. The molecule has 2 rings (SSSR count). The summed E-state index contributed by atoms with van der Waals surface area (Å²) in [6, 6.07) is 7.70. The Labute approximate surface area is 157 Å². The van der Waals surface area contributed by atoms with Crippen LogP contribution in [-0.4, -0.2) is 50.2 Å². The topological polar surface area (TPSA) is 67.6 Å². The van der Waals surface area contributed by atoms with E-state index in [4.69, 9.17) is 10.5 Å². The second-order valence-electron chi connectivity index (χ2n) is 6.21. The van der Waals surface area contributed by atoms with Gasteiger partial charge in [-0.2, -0.15) is 0 Å². The molecule has 7 heteroatoms. The normalized spacial score (nSPS) is 16.0. The first-order valence-corrected chi connectivity index (χ1v) is 7.89. The minimum Gasteiger partial charge on any atom is -0.399 e. The molecule has 1 saturated heterocycles. The Hall–Kier alpha value is -1.01. The van der Waals surface area contributed by atoms with Gasteiger partial charge in [0.15, 0.2) is 0 Å². The molecule has 0 unspecified atom stereocenters. The number of nitrogens with zero attached hydrogens (tertiary/aromatic N) is 1. The van der Waals surface area contributed by atoms with E-state index in [9.17, 15) is 4.79 Å².